The molecule has 2 rings (SSSR count). The predicted molar refractivity (Wildman–Crippen MR) is 74.3 cm³/mol. The van der Waals surface area contributed by atoms with Crippen LogP contribution < -0.4 is 0 Å². The van der Waals surface area contributed by atoms with E-state index in [0.29, 0.717) is 5.92 Å². The number of hydrogen-bond acceptors (Lipinski definition) is 0. The molecule has 0 aromatic heterocycles. The van der Waals surface area contributed by atoms with Gasteiger partial charge in [-0.2, -0.15) is 0 Å². The predicted octanol–water partition coefficient (Wildman–Crippen LogP) is 4.89. The van der Waals surface area contributed by atoms with Crippen molar-refractivity contribution in [3.8, 4) is 0 Å². The van der Waals surface area contributed by atoms with E-state index in [1.54, 1.807) is 0 Å². The average Bonchev–Trinajstić information content (AvgIpc) is 2.38. The van der Waals surface area contributed by atoms with Gasteiger partial charge >= 0.3 is 0 Å². The number of benzene rings is 2. The molecule has 17 heavy (non-hydrogen) atoms. The van der Waals surface area contributed by atoms with Gasteiger partial charge in [0, 0.05) is 5.02 Å². The van der Waals surface area contributed by atoms with Crippen molar-refractivity contribution in [2.24, 2.45) is 0 Å². The number of halogens is 1. The fourth-order valence-corrected chi connectivity index (χ4v) is 2.15. The van der Waals surface area contributed by atoms with Crippen molar-refractivity contribution in [2.75, 3.05) is 0 Å². The third-order valence-electron chi connectivity index (χ3n) is 2.99. The van der Waals surface area contributed by atoms with Crippen LogP contribution in [0.25, 0.3) is 0 Å². The molecular weight excluding hydrogens is 228 g/mol. The minimum atomic E-state index is 0.326. The summed E-state index contributed by atoms with van der Waals surface area (Å²) in [5.74, 6) is 0.326. The minimum Gasteiger partial charge on any atom is -0.0840 e. The highest BCUT2D eigenvalue weighted by Gasteiger charge is 2.06. The van der Waals surface area contributed by atoms with E-state index in [9.17, 15) is 0 Å². The first-order valence-electron chi connectivity index (χ1n) is 5.89. The lowest BCUT2D eigenvalue weighted by atomic mass is 9.94. The summed E-state index contributed by atoms with van der Waals surface area (Å²) in [5.41, 5.74) is 2.50. The third kappa shape index (κ3) is 3.34. The molecule has 0 unspecified atom stereocenters. The maximum absolute atomic E-state index is 6.13. The lowest BCUT2D eigenvalue weighted by Crippen LogP contribution is -1.97. The van der Waals surface area contributed by atoms with E-state index in [2.05, 4.69) is 37.3 Å². The Labute approximate surface area is 108 Å². The summed E-state index contributed by atoms with van der Waals surface area (Å²) in [7, 11) is 0. The molecule has 0 spiro atoms. The Morgan fingerprint density at radius 3 is 2.29 bits per heavy atom. The molecule has 2 aromatic rings. The van der Waals surface area contributed by atoms with E-state index in [-0.39, 0.29) is 0 Å². The second-order valence-corrected chi connectivity index (χ2v) is 4.64. The van der Waals surface area contributed by atoms with E-state index in [1.165, 1.54) is 11.1 Å². The molecule has 1 radical (unpaired) electrons. The molecule has 0 saturated heterocycles. The number of aryl methyl sites for hydroxylation is 1. The van der Waals surface area contributed by atoms with Crippen molar-refractivity contribution in [2.45, 2.75) is 18.8 Å². The second-order valence-electron chi connectivity index (χ2n) is 4.24. The highest BCUT2D eigenvalue weighted by molar-refractivity contribution is 6.31. The van der Waals surface area contributed by atoms with Crippen molar-refractivity contribution in [1.82, 2.24) is 0 Å². The van der Waals surface area contributed by atoms with Gasteiger partial charge in [0.25, 0.3) is 0 Å². The zero-order chi connectivity index (χ0) is 12.1. The maximum atomic E-state index is 6.13. The lowest BCUT2D eigenvalue weighted by molar-refractivity contribution is 0.733. The molecule has 0 aliphatic carbocycles. The molecule has 0 nitrogen and oxygen atoms in total. The average molecular weight is 244 g/mol. The van der Waals surface area contributed by atoms with Gasteiger partial charge in [-0.25, -0.2) is 0 Å². The first kappa shape index (κ1) is 12.2. The van der Waals surface area contributed by atoms with Gasteiger partial charge in [0.1, 0.15) is 0 Å². The summed E-state index contributed by atoms with van der Waals surface area (Å²) in [6.45, 7) is 4.21. The Hall–Kier alpha value is -1.27. The Bertz CT molecular complexity index is 462. The molecule has 1 heteroatoms. The summed E-state index contributed by atoms with van der Waals surface area (Å²) in [6, 6.07) is 18.4. The van der Waals surface area contributed by atoms with Crippen molar-refractivity contribution in [3.63, 3.8) is 0 Å². The lowest BCUT2D eigenvalue weighted by Gasteiger charge is -2.12. The van der Waals surface area contributed by atoms with Crippen molar-refractivity contribution < 1.29 is 0 Å². The summed E-state index contributed by atoms with van der Waals surface area (Å²) in [4.78, 5) is 0. The fourth-order valence-electron chi connectivity index (χ4n) is 1.92. The minimum absolute atomic E-state index is 0.326. The molecule has 2 aromatic carbocycles. The molecular formula is C16H16Cl. The first-order valence-corrected chi connectivity index (χ1v) is 6.26. The Morgan fingerprint density at radius 1 is 0.941 bits per heavy atom. The van der Waals surface area contributed by atoms with Crippen molar-refractivity contribution in [3.05, 3.63) is 77.7 Å². The fraction of sp³-hybridized carbons (Fsp3) is 0.188. The summed E-state index contributed by atoms with van der Waals surface area (Å²) in [6.07, 6.45) is 2.00. The molecule has 0 bridgehead atoms. The van der Waals surface area contributed by atoms with Crippen LogP contribution in [0.3, 0.4) is 0 Å². The van der Waals surface area contributed by atoms with Gasteiger partial charge in [0.05, 0.1) is 0 Å². The van der Waals surface area contributed by atoms with Crippen LogP contribution in [0.4, 0.5) is 0 Å². The molecule has 1 atom stereocenters. The van der Waals surface area contributed by atoms with Gasteiger partial charge < -0.3 is 0 Å². The zero-order valence-corrected chi connectivity index (χ0v) is 10.5. The monoisotopic (exact) mass is 243 g/mol. The van der Waals surface area contributed by atoms with E-state index in [1.807, 2.05) is 24.3 Å². The summed E-state index contributed by atoms with van der Waals surface area (Å²) in [5, 5.41) is 0.854. The van der Waals surface area contributed by atoms with Crippen molar-refractivity contribution >= 4 is 11.6 Å². The zero-order valence-electron chi connectivity index (χ0n) is 9.77. The maximum Gasteiger partial charge on any atom is 0.0437 e. The molecule has 0 aliphatic heterocycles. The smallest absolute Gasteiger partial charge is 0.0437 e. The van der Waals surface area contributed by atoms with Gasteiger partial charge in [-0.15, -0.1) is 0 Å². The van der Waals surface area contributed by atoms with Gasteiger partial charge in [0.15, 0.2) is 0 Å². The molecule has 0 saturated carbocycles. The standard InChI is InChI=1S/C16H16Cl/c1-13(14-7-3-2-4-8-14)11-12-15-9-5-6-10-16(15)17/h2-10,13H,1,11-12H2/t13-/m0/s1. The number of hydrogen-bond donors (Lipinski definition) is 0. The third-order valence-corrected chi connectivity index (χ3v) is 3.36. The Balaban J connectivity index is 1.97. The SMILES string of the molecule is [CH2][C@@H](CCc1ccccc1Cl)c1ccccc1. The highest BCUT2D eigenvalue weighted by atomic mass is 35.5. The van der Waals surface area contributed by atoms with E-state index >= 15 is 0 Å². The topological polar surface area (TPSA) is 0 Å². The number of rotatable bonds is 4. The van der Waals surface area contributed by atoms with Crippen LogP contribution in [0.5, 0.6) is 0 Å². The largest absolute Gasteiger partial charge is 0.0840 e. The van der Waals surface area contributed by atoms with Gasteiger partial charge in [-0.05, 0) is 42.9 Å². The quantitative estimate of drug-likeness (QED) is 0.717. The molecule has 0 N–H and O–H groups in total. The molecule has 0 amide bonds. The van der Waals surface area contributed by atoms with E-state index < -0.39 is 0 Å². The van der Waals surface area contributed by atoms with Gasteiger partial charge in [-0.1, -0.05) is 60.1 Å². The van der Waals surface area contributed by atoms with Crippen LogP contribution in [0.2, 0.25) is 5.02 Å². The first-order chi connectivity index (χ1) is 8.27. The second kappa shape index (κ2) is 5.88. The normalized spacial score (nSPS) is 12.4. The van der Waals surface area contributed by atoms with Crippen LogP contribution >= 0.6 is 11.6 Å². The highest BCUT2D eigenvalue weighted by Crippen LogP contribution is 2.23. The summed E-state index contributed by atoms with van der Waals surface area (Å²) < 4.78 is 0. The Morgan fingerprint density at radius 2 is 1.59 bits per heavy atom. The Kier molecular flexibility index (Phi) is 4.22. The molecule has 0 fully saturated rings. The van der Waals surface area contributed by atoms with Crippen LogP contribution in [0, 0.1) is 6.92 Å². The molecule has 87 valence electrons. The molecule has 0 heterocycles. The van der Waals surface area contributed by atoms with E-state index in [0.717, 1.165) is 17.9 Å². The summed E-state index contributed by atoms with van der Waals surface area (Å²) >= 11 is 6.13. The van der Waals surface area contributed by atoms with Crippen LogP contribution in [-0.2, 0) is 6.42 Å². The van der Waals surface area contributed by atoms with E-state index in [4.69, 9.17) is 11.6 Å². The van der Waals surface area contributed by atoms with Crippen LogP contribution in [-0.4, -0.2) is 0 Å². The van der Waals surface area contributed by atoms with Gasteiger partial charge in [0.2, 0.25) is 0 Å². The van der Waals surface area contributed by atoms with Gasteiger partial charge in [-0.3, -0.25) is 0 Å². The van der Waals surface area contributed by atoms with Crippen LogP contribution in [0.15, 0.2) is 54.6 Å². The van der Waals surface area contributed by atoms with Crippen LogP contribution in [0.1, 0.15) is 23.5 Å². The molecule has 0 aliphatic rings. The van der Waals surface area contributed by atoms with Crippen molar-refractivity contribution in [1.29, 1.82) is 0 Å².